The van der Waals surface area contributed by atoms with Crippen molar-refractivity contribution in [2.75, 3.05) is 17.2 Å². The number of amides is 3. The van der Waals surface area contributed by atoms with Crippen LogP contribution in [0.2, 0.25) is 0 Å². The first kappa shape index (κ1) is 31.8. The predicted molar refractivity (Wildman–Crippen MR) is 168 cm³/mol. The highest BCUT2D eigenvalue weighted by molar-refractivity contribution is 8.15. The van der Waals surface area contributed by atoms with Gasteiger partial charge in [0, 0.05) is 12.1 Å². The van der Waals surface area contributed by atoms with Gasteiger partial charge in [0.15, 0.2) is 11.0 Å². The maximum Gasteiger partial charge on any atom is 0.573 e. The van der Waals surface area contributed by atoms with Crippen LogP contribution in [-0.2, 0) is 11.2 Å². The van der Waals surface area contributed by atoms with Crippen molar-refractivity contribution in [3.63, 3.8) is 0 Å². The average molecular weight is 637 g/mol. The van der Waals surface area contributed by atoms with Gasteiger partial charge in [-0.25, -0.2) is 14.5 Å². The molecular weight excluding hydrogens is 605 g/mol. The van der Waals surface area contributed by atoms with Crippen LogP contribution in [0.3, 0.4) is 0 Å². The summed E-state index contributed by atoms with van der Waals surface area (Å²) in [4.78, 5) is 35.5. The van der Waals surface area contributed by atoms with E-state index in [0.717, 1.165) is 27.9 Å². The Balaban J connectivity index is 1.16. The van der Waals surface area contributed by atoms with Gasteiger partial charge in [-0.1, -0.05) is 61.5 Å². The third kappa shape index (κ3) is 8.09. The lowest BCUT2D eigenvalue weighted by molar-refractivity contribution is -0.274. The zero-order valence-corrected chi connectivity index (χ0v) is 25.7. The summed E-state index contributed by atoms with van der Waals surface area (Å²) in [6, 6.07) is 18.4. The zero-order chi connectivity index (χ0) is 32.1. The fourth-order valence-electron chi connectivity index (χ4n) is 4.82. The molecule has 0 bridgehead atoms. The van der Waals surface area contributed by atoms with Gasteiger partial charge in [0.25, 0.3) is 0 Å². The number of aromatic nitrogens is 3. The molecule has 1 saturated heterocycles. The fraction of sp³-hybridized carbons (Fsp3) is 0.281. The molecule has 3 amide bonds. The Hall–Kier alpha value is -4.65. The van der Waals surface area contributed by atoms with Crippen molar-refractivity contribution in [2.45, 2.75) is 45.9 Å². The van der Waals surface area contributed by atoms with Crippen molar-refractivity contribution < 1.29 is 27.5 Å². The Morgan fingerprint density at radius 1 is 1.11 bits per heavy atom. The minimum atomic E-state index is -4.76. The lowest BCUT2D eigenvalue weighted by atomic mass is 9.98. The summed E-state index contributed by atoms with van der Waals surface area (Å²) in [6.07, 6.45) is -1.95. The van der Waals surface area contributed by atoms with Crippen LogP contribution < -0.4 is 15.0 Å². The van der Waals surface area contributed by atoms with E-state index in [2.05, 4.69) is 45.0 Å². The Morgan fingerprint density at radius 3 is 2.62 bits per heavy atom. The normalized spacial score (nSPS) is 14.4. The number of hydrogen-bond donors (Lipinski definition) is 1. The zero-order valence-electron chi connectivity index (χ0n) is 24.8. The van der Waals surface area contributed by atoms with E-state index in [0.29, 0.717) is 36.1 Å². The maximum atomic E-state index is 12.7. The number of thioether (sulfide) groups is 1. The summed E-state index contributed by atoms with van der Waals surface area (Å²) in [7, 11) is 0. The van der Waals surface area contributed by atoms with E-state index in [1.54, 1.807) is 0 Å². The molecular formula is C32H31F3N6O3S. The molecule has 5 rings (SSSR count). The standard InChI is InChI=1S/C32H31F3N6O3S/c1-20(2)26-16-21(3)9-14-27(26)41-28(42)18-45-31(41)38-30(43)36-15-5-7-22-6-4-8-23(17-22)29-37-19-40(39-29)24-10-12-25(13-11-24)44-32(33,34)35/h4,6,8-14,16-17,19-20H,5,7,15,18H2,1-3H3,(H,36,43). The second-order valence-corrected chi connectivity index (χ2v) is 11.7. The van der Waals surface area contributed by atoms with Crippen LogP contribution in [0.4, 0.5) is 23.7 Å². The Labute approximate surface area is 262 Å². The first-order valence-corrected chi connectivity index (χ1v) is 15.3. The molecule has 0 radical (unpaired) electrons. The summed E-state index contributed by atoms with van der Waals surface area (Å²) in [5.74, 6) is 0.453. The van der Waals surface area contributed by atoms with Gasteiger partial charge in [-0.3, -0.25) is 9.69 Å². The minimum absolute atomic E-state index is 0.107. The molecule has 9 nitrogen and oxygen atoms in total. The van der Waals surface area contributed by atoms with E-state index in [9.17, 15) is 22.8 Å². The topological polar surface area (TPSA) is 102 Å². The van der Waals surface area contributed by atoms with Crippen LogP contribution in [0.15, 0.2) is 78.0 Å². The third-order valence-corrected chi connectivity index (χ3v) is 7.86. The largest absolute Gasteiger partial charge is 0.573 e. The monoisotopic (exact) mass is 636 g/mol. The molecule has 1 aliphatic heterocycles. The van der Waals surface area contributed by atoms with E-state index in [4.69, 9.17) is 0 Å². The lowest BCUT2D eigenvalue weighted by Gasteiger charge is -2.22. The van der Waals surface area contributed by atoms with E-state index < -0.39 is 12.4 Å². The van der Waals surface area contributed by atoms with Crippen molar-refractivity contribution in [1.82, 2.24) is 20.1 Å². The number of halogens is 3. The van der Waals surface area contributed by atoms with E-state index in [1.165, 1.54) is 51.9 Å². The molecule has 0 atom stereocenters. The van der Waals surface area contributed by atoms with E-state index >= 15 is 0 Å². The van der Waals surface area contributed by atoms with Gasteiger partial charge in [-0.05, 0) is 73.2 Å². The molecule has 4 aromatic rings. The summed E-state index contributed by atoms with van der Waals surface area (Å²) >= 11 is 1.25. The second kappa shape index (κ2) is 13.6. The highest BCUT2D eigenvalue weighted by atomic mass is 32.2. The number of amidine groups is 1. The Kier molecular flexibility index (Phi) is 9.57. The highest BCUT2D eigenvalue weighted by Crippen LogP contribution is 2.34. The maximum absolute atomic E-state index is 12.7. The molecule has 2 heterocycles. The van der Waals surface area contributed by atoms with Gasteiger partial charge in [-0.2, -0.15) is 4.99 Å². The number of benzene rings is 3. The average Bonchev–Trinajstić information content (AvgIpc) is 3.62. The molecule has 0 unspecified atom stereocenters. The number of nitrogens with zero attached hydrogens (tertiary/aromatic N) is 5. The number of alkyl halides is 3. The van der Waals surface area contributed by atoms with Crippen LogP contribution in [0.1, 0.15) is 42.9 Å². The lowest BCUT2D eigenvalue weighted by Crippen LogP contribution is -2.32. The smallest absolute Gasteiger partial charge is 0.406 e. The molecule has 45 heavy (non-hydrogen) atoms. The minimum Gasteiger partial charge on any atom is -0.406 e. The fourth-order valence-corrected chi connectivity index (χ4v) is 5.68. The van der Waals surface area contributed by atoms with Crippen LogP contribution >= 0.6 is 11.8 Å². The molecule has 1 aromatic heterocycles. The molecule has 0 saturated carbocycles. The van der Waals surface area contributed by atoms with Gasteiger partial charge in [0.1, 0.15) is 12.1 Å². The number of carbonyl (C=O) groups excluding carboxylic acids is 2. The SMILES string of the molecule is Cc1ccc(N2C(=O)CSC2=NC(=O)NCCCc2cccc(-c3ncn(-c4ccc(OC(F)(F)F)cc4)n3)c2)c(C(C)C)c1. The van der Waals surface area contributed by atoms with Crippen LogP contribution in [-0.4, -0.2) is 50.5 Å². The molecule has 1 fully saturated rings. The van der Waals surface area contributed by atoms with Crippen molar-refractivity contribution in [3.8, 4) is 22.8 Å². The number of nitrogens with one attached hydrogen (secondary N) is 1. The number of anilines is 1. The van der Waals surface area contributed by atoms with Crippen molar-refractivity contribution in [1.29, 1.82) is 0 Å². The summed E-state index contributed by atoms with van der Waals surface area (Å²) in [5, 5.41) is 7.65. The number of urea groups is 1. The van der Waals surface area contributed by atoms with Crippen molar-refractivity contribution in [2.24, 2.45) is 4.99 Å². The quantitative estimate of drug-likeness (QED) is 0.198. The highest BCUT2D eigenvalue weighted by Gasteiger charge is 2.32. The van der Waals surface area contributed by atoms with E-state index in [-0.39, 0.29) is 23.3 Å². The predicted octanol–water partition coefficient (Wildman–Crippen LogP) is 7.04. The summed E-state index contributed by atoms with van der Waals surface area (Å²) in [5.41, 5.74) is 5.20. The first-order chi connectivity index (χ1) is 21.5. The molecule has 0 spiro atoms. The number of aryl methyl sites for hydroxylation is 2. The molecule has 1 N–H and O–H groups in total. The van der Waals surface area contributed by atoms with Gasteiger partial charge >= 0.3 is 12.4 Å². The van der Waals surface area contributed by atoms with Gasteiger partial charge in [0.2, 0.25) is 5.91 Å². The number of carbonyl (C=O) groups is 2. The van der Waals surface area contributed by atoms with Crippen molar-refractivity contribution in [3.05, 3.63) is 89.7 Å². The number of ether oxygens (including phenoxy) is 1. The summed E-state index contributed by atoms with van der Waals surface area (Å²) < 4.78 is 42.7. The van der Waals surface area contributed by atoms with Gasteiger partial charge < -0.3 is 10.1 Å². The Morgan fingerprint density at radius 2 is 1.89 bits per heavy atom. The molecule has 234 valence electrons. The molecule has 1 aliphatic rings. The number of aliphatic imine (C=N–C) groups is 1. The van der Waals surface area contributed by atoms with E-state index in [1.807, 2.05) is 43.3 Å². The third-order valence-electron chi connectivity index (χ3n) is 6.94. The first-order valence-electron chi connectivity index (χ1n) is 14.3. The number of hydrogen-bond acceptors (Lipinski definition) is 6. The number of rotatable bonds is 9. The Bertz CT molecular complexity index is 1720. The van der Waals surface area contributed by atoms with Crippen LogP contribution in [0, 0.1) is 6.92 Å². The molecule has 13 heteroatoms. The van der Waals surface area contributed by atoms with Crippen molar-refractivity contribution >= 4 is 34.6 Å². The van der Waals surface area contributed by atoms with Crippen LogP contribution in [0.25, 0.3) is 17.1 Å². The van der Waals surface area contributed by atoms with Gasteiger partial charge in [0.05, 0.1) is 17.1 Å². The van der Waals surface area contributed by atoms with Crippen LogP contribution in [0.5, 0.6) is 5.75 Å². The molecule has 3 aromatic carbocycles. The molecule has 0 aliphatic carbocycles. The van der Waals surface area contributed by atoms with Gasteiger partial charge in [-0.15, -0.1) is 18.3 Å². The second-order valence-electron chi connectivity index (χ2n) is 10.7. The summed E-state index contributed by atoms with van der Waals surface area (Å²) in [6.45, 7) is 6.53.